The summed E-state index contributed by atoms with van der Waals surface area (Å²) in [5.74, 6) is 0.787. The van der Waals surface area contributed by atoms with Crippen molar-refractivity contribution in [2.75, 3.05) is 33.2 Å². The Hall–Kier alpha value is -0.810. The van der Waals surface area contributed by atoms with Crippen LogP contribution in [-0.4, -0.2) is 66.8 Å². The quantitative estimate of drug-likeness (QED) is 0.866. The molecule has 0 bridgehead atoms. The first-order valence-electron chi connectivity index (χ1n) is 9.17. The Kier molecular flexibility index (Phi) is 6.32. The predicted octanol–water partition coefficient (Wildman–Crippen LogP) is 2.71. The lowest BCUT2D eigenvalue weighted by molar-refractivity contribution is 0.0193. The van der Waals surface area contributed by atoms with Gasteiger partial charge < -0.3 is 19.9 Å². The van der Waals surface area contributed by atoms with Crippen molar-refractivity contribution in [2.45, 2.75) is 71.1 Å². The minimum absolute atomic E-state index is 0.167. The highest BCUT2D eigenvalue weighted by molar-refractivity contribution is 5.68. The Morgan fingerprint density at radius 2 is 1.65 bits per heavy atom. The van der Waals surface area contributed by atoms with Crippen LogP contribution in [0.5, 0.6) is 0 Å². The van der Waals surface area contributed by atoms with Crippen molar-refractivity contribution in [3.8, 4) is 0 Å². The van der Waals surface area contributed by atoms with Crippen LogP contribution in [0.4, 0.5) is 4.79 Å². The maximum Gasteiger partial charge on any atom is 0.410 e. The van der Waals surface area contributed by atoms with Gasteiger partial charge in [-0.25, -0.2) is 4.79 Å². The molecule has 2 fully saturated rings. The number of nitrogens with zero attached hydrogens (tertiary/aromatic N) is 2. The molecule has 0 aromatic rings. The molecule has 2 aliphatic heterocycles. The van der Waals surface area contributed by atoms with Crippen LogP contribution in [0.2, 0.25) is 0 Å². The van der Waals surface area contributed by atoms with Gasteiger partial charge in [0, 0.05) is 25.2 Å². The summed E-state index contributed by atoms with van der Waals surface area (Å²) in [7, 11) is 2.21. The minimum atomic E-state index is -0.408. The van der Waals surface area contributed by atoms with Crippen LogP contribution in [0.3, 0.4) is 0 Å². The van der Waals surface area contributed by atoms with E-state index in [1.807, 2.05) is 25.7 Å². The molecule has 0 radical (unpaired) electrons. The first-order chi connectivity index (χ1) is 10.7. The van der Waals surface area contributed by atoms with Gasteiger partial charge in [-0.1, -0.05) is 0 Å². The van der Waals surface area contributed by atoms with Crippen LogP contribution in [-0.2, 0) is 4.74 Å². The third-order valence-electron chi connectivity index (χ3n) is 5.12. The van der Waals surface area contributed by atoms with Gasteiger partial charge in [0.1, 0.15) is 5.60 Å². The molecule has 5 nitrogen and oxygen atoms in total. The Morgan fingerprint density at radius 1 is 1.09 bits per heavy atom. The monoisotopic (exact) mass is 325 g/mol. The van der Waals surface area contributed by atoms with Crippen LogP contribution in [0.15, 0.2) is 0 Å². The summed E-state index contributed by atoms with van der Waals surface area (Å²) in [6.07, 6.45) is 4.47. The van der Waals surface area contributed by atoms with Crippen molar-refractivity contribution >= 4 is 6.09 Å². The van der Waals surface area contributed by atoms with Gasteiger partial charge in [-0.15, -0.1) is 0 Å². The molecule has 134 valence electrons. The molecule has 1 N–H and O–H groups in total. The second kappa shape index (κ2) is 7.84. The SMILES string of the molecule is CC(NC1CCN(C(=O)OC(C)(C)C)CC1)C1CCN(C)CC1. The number of hydrogen-bond donors (Lipinski definition) is 1. The molecule has 2 heterocycles. The van der Waals surface area contributed by atoms with E-state index >= 15 is 0 Å². The average Bonchev–Trinajstić information content (AvgIpc) is 2.46. The molecular weight excluding hydrogens is 290 g/mol. The van der Waals surface area contributed by atoms with E-state index in [2.05, 4.69) is 24.2 Å². The Labute approximate surface area is 141 Å². The van der Waals surface area contributed by atoms with Crippen molar-refractivity contribution in [2.24, 2.45) is 5.92 Å². The van der Waals surface area contributed by atoms with Gasteiger partial charge in [0.2, 0.25) is 0 Å². The molecule has 0 aromatic heterocycles. The van der Waals surface area contributed by atoms with Crippen LogP contribution in [0.25, 0.3) is 0 Å². The lowest BCUT2D eigenvalue weighted by Crippen LogP contribution is -2.50. The zero-order valence-electron chi connectivity index (χ0n) is 15.6. The fraction of sp³-hybridized carbons (Fsp3) is 0.944. The maximum atomic E-state index is 12.1. The van der Waals surface area contributed by atoms with E-state index in [1.54, 1.807) is 0 Å². The number of piperidine rings is 2. The number of likely N-dealkylation sites (tertiary alicyclic amines) is 2. The van der Waals surface area contributed by atoms with Crippen molar-refractivity contribution in [3.05, 3.63) is 0 Å². The first-order valence-corrected chi connectivity index (χ1v) is 9.17. The third kappa shape index (κ3) is 5.96. The van der Waals surface area contributed by atoms with Gasteiger partial charge in [0.25, 0.3) is 0 Å². The van der Waals surface area contributed by atoms with Crippen molar-refractivity contribution in [1.29, 1.82) is 0 Å². The molecule has 1 unspecified atom stereocenters. The summed E-state index contributed by atoms with van der Waals surface area (Å²) in [4.78, 5) is 16.4. The summed E-state index contributed by atoms with van der Waals surface area (Å²) in [6.45, 7) is 12.1. The molecular formula is C18H35N3O2. The maximum absolute atomic E-state index is 12.1. The van der Waals surface area contributed by atoms with Gasteiger partial charge >= 0.3 is 6.09 Å². The first kappa shape index (κ1) is 18.5. The molecule has 5 heteroatoms. The molecule has 0 spiro atoms. The number of amides is 1. The highest BCUT2D eigenvalue weighted by atomic mass is 16.6. The molecule has 1 amide bonds. The summed E-state index contributed by atoms with van der Waals surface area (Å²) in [5.41, 5.74) is -0.408. The minimum Gasteiger partial charge on any atom is -0.444 e. The topological polar surface area (TPSA) is 44.8 Å². The van der Waals surface area contributed by atoms with E-state index < -0.39 is 5.60 Å². The predicted molar refractivity (Wildman–Crippen MR) is 93.6 cm³/mol. The summed E-state index contributed by atoms with van der Waals surface area (Å²) in [5, 5.41) is 3.81. The normalized spacial score (nSPS) is 23.8. The van der Waals surface area contributed by atoms with E-state index in [4.69, 9.17) is 4.74 Å². The Balaban J connectivity index is 1.71. The van der Waals surface area contributed by atoms with Gasteiger partial charge in [0.15, 0.2) is 0 Å². The molecule has 0 aliphatic carbocycles. The third-order valence-corrected chi connectivity index (χ3v) is 5.12. The van der Waals surface area contributed by atoms with Crippen LogP contribution >= 0.6 is 0 Å². The summed E-state index contributed by atoms with van der Waals surface area (Å²) < 4.78 is 5.46. The average molecular weight is 325 g/mol. The molecule has 2 saturated heterocycles. The molecule has 2 aliphatic rings. The molecule has 0 aromatic carbocycles. The molecule has 1 atom stereocenters. The van der Waals surface area contributed by atoms with Gasteiger partial charge in [-0.2, -0.15) is 0 Å². The highest BCUT2D eigenvalue weighted by Crippen LogP contribution is 2.22. The second-order valence-corrected chi connectivity index (χ2v) is 8.34. The van der Waals surface area contributed by atoms with Gasteiger partial charge in [-0.3, -0.25) is 0 Å². The largest absolute Gasteiger partial charge is 0.444 e. The number of carbonyl (C=O) groups excluding carboxylic acids is 1. The van der Waals surface area contributed by atoms with Crippen LogP contribution in [0.1, 0.15) is 53.4 Å². The number of carbonyl (C=O) groups is 1. The van der Waals surface area contributed by atoms with E-state index in [-0.39, 0.29) is 6.09 Å². The smallest absolute Gasteiger partial charge is 0.410 e. The summed E-state index contributed by atoms with van der Waals surface area (Å²) >= 11 is 0. The zero-order valence-corrected chi connectivity index (χ0v) is 15.6. The molecule has 0 saturated carbocycles. The van der Waals surface area contributed by atoms with Crippen molar-refractivity contribution < 1.29 is 9.53 Å². The zero-order chi connectivity index (χ0) is 17.0. The fourth-order valence-electron chi connectivity index (χ4n) is 3.59. The highest BCUT2D eigenvalue weighted by Gasteiger charge is 2.29. The van der Waals surface area contributed by atoms with Crippen LogP contribution < -0.4 is 5.32 Å². The van der Waals surface area contributed by atoms with Crippen molar-refractivity contribution in [3.63, 3.8) is 0 Å². The standard InChI is InChI=1S/C18H35N3O2/c1-14(15-6-10-20(5)11-7-15)19-16-8-12-21(13-9-16)17(22)23-18(2,3)4/h14-16,19H,6-13H2,1-5H3. The fourth-order valence-corrected chi connectivity index (χ4v) is 3.59. The number of rotatable bonds is 3. The van der Waals surface area contributed by atoms with E-state index in [0.717, 1.165) is 31.8 Å². The molecule has 2 rings (SSSR count). The van der Waals surface area contributed by atoms with Crippen molar-refractivity contribution in [1.82, 2.24) is 15.1 Å². The van der Waals surface area contributed by atoms with Crippen LogP contribution in [0, 0.1) is 5.92 Å². The lowest BCUT2D eigenvalue weighted by Gasteiger charge is -2.38. The Morgan fingerprint density at radius 3 is 2.17 bits per heavy atom. The van der Waals surface area contributed by atoms with Gasteiger partial charge in [0.05, 0.1) is 0 Å². The van der Waals surface area contributed by atoms with E-state index in [0.29, 0.717) is 12.1 Å². The number of ether oxygens (including phenoxy) is 1. The van der Waals surface area contributed by atoms with E-state index in [1.165, 1.54) is 25.9 Å². The Bertz CT molecular complexity index is 378. The lowest BCUT2D eigenvalue weighted by atomic mass is 9.89. The van der Waals surface area contributed by atoms with E-state index in [9.17, 15) is 4.79 Å². The molecule has 23 heavy (non-hydrogen) atoms. The number of hydrogen-bond acceptors (Lipinski definition) is 4. The summed E-state index contributed by atoms with van der Waals surface area (Å²) in [6, 6.07) is 1.10. The number of nitrogens with one attached hydrogen (secondary N) is 1. The second-order valence-electron chi connectivity index (χ2n) is 8.34. The van der Waals surface area contributed by atoms with Gasteiger partial charge in [-0.05, 0) is 79.4 Å².